The van der Waals surface area contributed by atoms with Crippen molar-refractivity contribution in [2.45, 2.75) is 0 Å². The molecule has 0 saturated heterocycles. The zero-order chi connectivity index (χ0) is 92.2. The van der Waals surface area contributed by atoms with Gasteiger partial charge in [0.05, 0.1) is 0 Å². The minimum Gasteiger partial charge on any atom is -0.456 e. The van der Waals surface area contributed by atoms with E-state index in [-0.39, 0.29) is 0 Å². The van der Waals surface area contributed by atoms with Gasteiger partial charge in [-0.2, -0.15) is 0 Å². The Bertz CT molecular complexity index is 10600. The van der Waals surface area contributed by atoms with Crippen LogP contribution in [0.4, 0.5) is 0 Å². The maximum atomic E-state index is 7.09. The van der Waals surface area contributed by atoms with Crippen LogP contribution in [-0.4, -0.2) is 0 Å². The second-order valence-electron chi connectivity index (χ2n) is 38.0. The molecular formula is C138H80O3. The number of furan rings is 3. The Kier molecular flexibility index (Phi) is 17.3. The van der Waals surface area contributed by atoms with Crippen molar-refractivity contribution in [1.82, 2.24) is 0 Å². The summed E-state index contributed by atoms with van der Waals surface area (Å²) < 4.78 is 21.1. The summed E-state index contributed by atoms with van der Waals surface area (Å²) in [6.45, 7) is 0. The van der Waals surface area contributed by atoms with E-state index in [2.05, 4.69) is 485 Å². The van der Waals surface area contributed by atoms with Gasteiger partial charge in [-0.05, 0) is 343 Å². The van der Waals surface area contributed by atoms with E-state index in [1.165, 1.54) is 168 Å². The van der Waals surface area contributed by atoms with Crippen molar-refractivity contribution in [1.29, 1.82) is 0 Å². The molecule has 0 spiro atoms. The lowest BCUT2D eigenvalue weighted by Gasteiger charge is -2.20. The largest absolute Gasteiger partial charge is 0.456 e. The van der Waals surface area contributed by atoms with Crippen LogP contribution in [-0.2, 0) is 0 Å². The fourth-order valence-electron chi connectivity index (χ4n) is 24.4. The van der Waals surface area contributed by atoms with Crippen molar-refractivity contribution in [2.24, 2.45) is 0 Å². The molecule has 3 aromatic heterocycles. The number of hydrogen-bond donors (Lipinski definition) is 0. The van der Waals surface area contributed by atoms with Gasteiger partial charge in [0.1, 0.15) is 33.5 Å². The van der Waals surface area contributed by atoms with Gasteiger partial charge in [-0.3, -0.25) is 0 Å². The van der Waals surface area contributed by atoms with E-state index in [0.717, 1.165) is 149 Å². The highest BCUT2D eigenvalue weighted by Crippen LogP contribution is 2.55. The third-order valence-electron chi connectivity index (χ3n) is 30.6. The molecule has 0 N–H and O–H groups in total. The molecule has 0 saturated carbocycles. The van der Waals surface area contributed by atoms with Crippen molar-refractivity contribution >= 4 is 195 Å². The Morgan fingerprint density at radius 2 is 0.390 bits per heavy atom. The summed E-state index contributed by atoms with van der Waals surface area (Å²) in [5.74, 6) is 0. The van der Waals surface area contributed by atoms with E-state index < -0.39 is 0 Å². The Labute approximate surface area is 810 Å². The lowest BCUT2D eigenvalue weighted by Crippen LogP contribution is -1.93. The van der Waals surface area contributed by atoms with E-state index in [1.807, 2.05) is 0 Å². The van der Waals surface area contributed by atoms with Crippen molar-refractivity contribution in [3.05, 3.63) is 485 Å². The van der Waals surface area contributed by atoms with Crippen LogP contribution in [0.15, 0.2) is 499 Å². The molecule has 0 aliphatic heterocycles. The molecule has 30 rings (SSSR count). The molecule has 30 aromatic rings. The lowest BCUT2D eigenvalue weighted by atomic mass is 9.83. The molecule has 0 bridgehead atoms. The van der Waals surface area contributed by atoms with Gasteiger partial charge in [-0.25, -0.2) is 0 Å². The fraction of sp³-hybridized carbons (Fsp3) is 0. The minimum atomic E-state index is 0.835. The zero-order valence-corrected chi connectivity index (χ0v) is 76.4. The molecule has 0 radical (unpaired) electrons. The van der Waals surface area contributed by atoms with E-state index >= 15 is 0 Å². The standard InChI is InChI=1S/C138H80O3/c1-4-28-82(29-5-1)129-102-40-16-20-44-106(102)132(107-45-21-17-41-103(107)129)115-51-27-55-127-138(115)137-98(48-24-54-126(137)140-127)92-62-66-97-91(72-92)59-57-81-56-58-85(73-116(81)97)87-61-68-110-120(75-87)130(83-30-6-2-7-31-83)104-42-18-23-47-109(104)134(110)114-50-26-53-125-136(114)122-76-88(65-71-123(122)139-125)86-60-67-101-96-37-13-11-35-90(96)78-118(119(101)74-86)93-63-69-111-121(79-93)131(84-32-8-3-9-33-84)105-43-19-22-46-108(105)133(111)113-49-25-52-124-135(113)112-70-64-94(80-128(112)141-124)117-77-89-34-10-12-36-95(89)99-38-14-15-39-100(99)117/h1-80H. The third-order valence-corrected chi connectivity index (χ3v) is 30.6. The first-order valence-corrected chi connectivity index (χ1v) is 48.7. The van der Waals surface area contributed by atoms with E-state index in [9.17, 15) is 0 Å². The van der Waals surface area contributed by atoms with Gasteiger partial charge in [-0.1, -0.05) is 394 Å². The Hall–Kier alpha value is -18.5. The summed E-state index contributed by atoms with van der Waals surface area (Å²) in [4.78, 5) is 0. The van der Waals surface area contributed by atoms with Crippen molar-refractivity contribution < 1.29 is 13.3 Å². The first kappa shape index (κ1) is 78.8. The average molecular weight is 1790 g/mol. The van der Waals surface area contributed by atoms with Crippen molar-refractivity contribution in [3.63, 3.8) is 0 Å². The van der Waals surface area contributed by atoms with Gasteiger partial charge < -0.3 is 13.3 Å². The summed E-state index contributed by atoms with van der Waals surface area (Å²) in [6, 6.07) is 180. The second kappa shape index (κ2) is 31.0. The minimum absolute atomic E-state index is 0.835. The van der Waals surface area contributed by atoms with Crippen LogP contribution in [0.1, 0.15) is 0 Å². The molecule has 0 amide bonds. The predicted octanol–water partition coefficient (Wildman–Crippen LogP) is 39.6. The molecular weight excluding hydrogens is 1710 g/mol. The summed E-state index contributed by atoms with van der Waals surface area (Å²) in [5.41, 5.74) is 30.6. The first-order valence-electron chi connectivity index (χ1n) is 48.7. The van der Waals surface area contributed by atoms with Crippen LogP contribution in [0.5, 0.6) is 0 Å². The maximum absolute atomic E-state index is 7.09. The monoisotopic (exact) mass is 1780 g/mol. The van der Waals surface area contributed by atoms with Crippen molar-refractivity contribution in [2.75, 3.05) is 0 Å². The third kappa shape index (κ3) is 12.1. The molecule has 3 heteroatoms. The van der Waals surface area contributed by atoms with Gasteiger partial charge in [0, 0.05) is 32.3 Å². The van der Waals surface area contributed by atoms with Gasteiger partial charge >= 0.3 is 0 Å². The van der Waals surface area contributed by atoms with Crippen LogP contribution in [0.25, 0.3) is 317 Å². The highest BCUT2D eigenvalue weighted by Gasteiger charge is 2.29. The lowest BCUT2D eigenvalue weighted by molar-refractivity contribution is 0.668. The predicted molar refractivity (Wildman–Crippen MR) is 598 cm³/mol. The number of fused-ring (bicyclic) bond motifs is 24. The topological polar surface area (TPSA) is 39.4 Å². The zero-order valence-electron chi connectivity index (χ0n) is 76.4. The normalized spacial score (nSPS) is 12.1. The molecule has 0 aliphatic carbocycles. The average Bonchev–Trinajstić information content (AvgIpc) is 1.31. The molecule has 0 fully saturated rings. The quantitative estimate of drug-likeness (QED) is 0.0957. The van der Waals surface area contributed by atoms with Crippen LogP contribution in [0, 0.1) is 0 Å². The molecule has 3 nitrogen and oxygen atoms in total. The molecule has 3 heterocycles. The Morgan fingerprint density at radius 3 is 0.915 bits per heavy atom. The highest BCUT2D eigenvalue weighted by molar-refractivity contribution is 6.32. The maximum Gasteiger partial charge on any atom is 0.136 e. The summed E-state index contributed by atoms with van der Waals surface area (Å²) in [5, 5.41) is 35.3. The summed E-state index contributed by atoms with van der Waals surface area (Å²) in [7, 11) is 0. The van der Waals surface area contributed by atoms with Crippen LogP contribution >= 0.6 is 0 Å². The molecule has 141 heavy (non-hydrogen) atoms. The van der Waals surface area contributed by atoms with E-state index in [0.29, 0.717) is 0 Å². The van der Waals surface area contributed by atoms with Gasteiger partial charge in [0.2, 0.25) is 0 Å². The van der Waals surface area contributed by atoms with Crippen LogP contribution < -0.4 is 0 Å². The number of rotatable bonds is 11. The van der Waals surface area contributed by atoms with Crippen LogP contribution in [0.2, 0.25) is 0 Å². The first-order chi connectivity index (χ1) is 69.9. The summed E-state index contributed by atoms with van der Waals surface area (Å²) in [6.07, 6.45) is 0. The SMILES string of the molecule is c1ccc(-c2c3ccccc3c(-c3cccc4oc5ccc(-c6ccc7c(c6)c(-c6ccc8c(-c9cccc%10oc%11cc(-c%12cc%13ccccc%13c%13ccccc%12%13)ccc%11c9%10)c9ccccc9c(-c9ccccc9)c8c6)cc6ccccc67)cc5c34)c3ccc(-c4ccc5ccc6cc(-c7cccc8oc9cccc(-c%10c%11ccccc%11c(-c%11ccccc%11)c%11ccccc%10%11)c9c78)ccc6c5c4)cc23)cc1. The smallest absolute Gasteiger partial charge is 0.136 e. The van der Waals surface area contributed by atoms with Gasteiger partial charge in [0.15, 0.2) is 0 Å². The van der Waals surface area contributed by atoms with E-state index in [1.54, 1.807) is 0 Å². The summed E-state index contributed by atoms with van der Waals surface area (Å²) >= 11 is 0. The van der Waals surface area contributed by atoms with Gasteiger partial charge in [0.25, 0.3) is 0 Å². The Balaban J connectivity index is 0.546. The fourth-order valence-corrected chi connectivity index (χ4v) is 24.4. The molecule has 650 valence electrons. The Morgan fingerprint density at radius 1 is 0.0993 bits per heavy atom. The number of benzene rings is 27. The molecule has 0 atom stereocenters. The van der Waals surface area contributed by atoms with Gasteiger partial charge in [-0.15, -0.1) is 0 Å². The molecule has 0 aliphatic rings. The van der Waals surface area contributed by atoms with E-state index in [4.69, 9.17) is 13.3 Å². The number of hydrogen-bond acceptors (Lipinski definition) is 3. The second-order valence-corrected chi connectivity index (χ2v) is 38.0. The molecule has 0 unspecified atom stereocenters. The van der Waals surface area contributed by atoms with Crippen molar-refractivity contribution in [3.8, 4) is 122 Å². The van der Waals surface area contributed by atoms with Crippen LogP contribution in [0.3, 0.4) is 0 Å². The molecule has 27 aromatic carbocycles. The highest BCUT2D eigenvalue weighted by atomic mass is 16.3.